The largest absolute Gasteiger partial charge is 0.507 e. The summed E-state index contributed by atoms with van der Waals surface area (Å²) >= 11 is 0. The quantitative estimate of drug-likeness (QED) is 0.446. The van der Waals surface area contributed by atoms with Crippen LogP contribution in [-0.2, 0) is 0 Å². The van der Waals surface area contributed by atoms with Crippen molar-refractivity contribution in [2.24, 2.45) is 0 Å². The highest BCUT2D eigenvalue weighted by atomic mass is 16.3. The standard InChI is InChI=1S/C24H20O/c1-16-3-7-18(8-4-16)20-11-12-22-23(15-20)21(13-14-24(22)25)19-9-5-17(2)6-10-19/h3-15,25H,1-2H3. The molecular weight excluding hydrogens is 304 g/mol. The molecule has 0 aliphatic heterocycles. The van der Waals surface area contributed by atoms with Crippen molar-refractivity contribution in [1.82, 2.24) is 0 Å². The number of fused-ring (bicyclic) bond motifs is 1. The first-order valence-corrected chi connectivity index (χ1v) is 8.52. The molecule has 0 bridgehead atoms. The van der Waals surface area contributed by atoms with Gasteiger partial charge in [0.1, 0.15) is 5.75 Å². The minimum Gasteiger partial charge on any atom is -0.507 e. The Hall–Kier alpha value is -3.06. The normalized spacial score (nSPS) is 11.0. The lowest BCUT2D eigenvalue weighted by molar-refractivity contribution is 0.481. The molecule has 0 spiro atoms. The molecule has 0 aliphatic rings. The number of hydrogen-bond donors (Lipinski definition) is 1. The predicted octanol–water partition coefficient (Wildman–Crippen LogP) is 6.50. The molecule has 0 unspecified atom stereocenters. The SMILES string of the molecule is Cc1ccc(-c2ccc3c(O)ccc(-c4ccc(C)cc4)c3c2)cc1. The van der Waals surface area contributed by atoms with Gasteiger partial charge in [0.2, 0.25) is 0 Å². The number of phenolic OH excluding ortho intramolecular Hbond substituents is 1. The van der Waals surface area contributed by atoms with E-state index in [0.29, 0.717) is 5.75 Å². The Morgan fingerprint density at radius 3 is 1.72 bits per heavy atom. The Kier molecular flexibility index (Phi) is 3.77. The van der Waals surface area contributed by atoms with Gasteiger partial charge in [-0.2, -0.15) is 0 Å². The molecule has 0 saturated carbocycles. The van der Waals surface area contributed by atoms with E-state index in [1.165, 1.54) is 16.7 Å². The van der Waals surface area contributed by atoms with E-state index in [0.717, 1.165) is 27.5 Å². The monoisotopic (exact) mass is 324 g/mol. The van der Waals surface area contributed by atoms with E-state index >= 15 is 0 Å². The summed E-state index contributed by atoms with van der Waals surface area (Å²) in [6, 6.07) is 27.1. The molecule has 0 fully saturated rings. The summed E-state index contributed by atoms with van der Waals surface area (Å²) in [5.74, 6) is 0.321. The average Bonchev–Trinajstić information content (AvgIpc) is 2.63. The molecule has 1 nitrogen and oxygen atoms in total. The van der Waals surface area contributed by atoms with Gasteiger partial charge in [-0.15, -0.1) is 0 Å². The zero-order valence-electron chi connectivity index (χ0n) is 14.5. The summed E-state index contributed by atoms with van der Waals surface area (Å²) in [6.45, 7) is 4.19. The third-order valence-electron chi connectivity index (χ3n) is 4.74. The molecule has 1 N–H and O–H groups in total. The highest BCUT2D eigenvalue weighted by Crippen LogP contribution is 2.36. The van der Waals surface area contributed by atoms with Crippen molar-refractivity contribution in [3.05, 3.63) is 90.0 Å². The Morgan fingerprint density at radius 1 is 0.520 bits per heavy atom. The lowest BCUT2D eigenvalue weighted by Crippen LogP contribution is -1.85. The summed E-state index contributed by atoms with van der Waals surface area (Å²) in [6.07, 6.45) is 0. The first-order valence-electron chi connectivity index (χ1n) is 8.52. The van der Waals surface area contributed by atoms with Crippen molar-refractivity contribution < 1.29 is 5.11 Å². The summed E-state index contributed by atoms with van der Waals surface area (Å²) in [5, 5.41) is 12.2. The van der Waals surface area contributed by atoms with Gasteiger partial charge >= 0.3 is 0 Å². The minimum absolute atomic E-state index is 0.321. The van der Waals surface area contributed by atoms with Crippen molar-refractivity contribution in [2.75, 3.05) is 0 Å². The Balaban J connectivity index is 1.94. The van der Waals surface area contributed by atoms with Crippen LogP contribution in [0.1, 0.15) is 11.1 Å². The average molecular weight is 324 g/mol. The van der Waals surface area contributed by atoms with Crippen molar-refractivity contribution in [2.45, 2.75) is 13.8 Å². The molecular formula is C24H20O. The van der Waals surface area contributed by atoms with Crippen LogP contribution in [0.3, 0.4) is 0 Å². The molecule has 0 aliphatic carbocycles. The van der Waals surface area contributed by atoms with Gasteiger partial charge in [-0.25, -0.2) is 0 Å². The van der Waals surface area contributed by atoms with Crippen LogP contribution in [0.25, 0.3) is 33.0 Å². The van der Waals surface area contributed by atoms with Crippen LogP contribution in [0, 0.1) is 13.8 Å². The van der Waals surface area contributed by atoms with Crippen LogP contribution in [0.5, 0.6) is 5.75 Å². The zero-order chi connectivity index (χ0) is 17.4. The van der Waals surface area contributed by atoms with E-state index in [-0.39, 0.29) is 0 Å². The Bertz CT molecular complexity index is 1040. The first kappa shape index (κ1) is 15.5. The van der Waals surface area contributed by atoms with E-state index in [1.54, 1.807) is 6.07 Å². The fourth-order valence-corrected chi connectivity index (χ4v) is 3.24. The summed E-state index contributed by atoms with van der Waals surface area (Å²) in [4.78, 5) is 0. The fraction of sp³-hybridized carbons (Fsp3) is 0.0833. The van der Waals surface area contributed by atoms with Crippen LogP contribution < -0.4 is 0 Å². The highest BCUT2D eigenvalue weighted by Gasteiger charge is 2.09. The molecule has 4 aromatic carbocycles. The second-order valence-electron chi connectivity index (χ2n) is 6.62. The van der Waals surface area contributed by atoms with Crippen molar-refractivity contribution in [3.8, 4) is 28.0 Å². The van der Waals surface area contributed by atoms with Gasteiger partial charge in [0, 0.05) is 5.39 Å². The van der Waals surface area contributed by atoms with E-state index < -0.39 is 0 Å². The van der Waals surface area contributed by atoms with Crippen LogP contribution in [0.15, 0.2) is 78.9 Å². The Labute approximate surface area is 148 Å². The van der Waals surface area contributed by atoms with Crippen LogP contribution in [0.2, 0.25) is 0 Å². The van der Waals surface area contributed by atoms with Crippen LogP contribution in [0.4, 0.5) is 0 Å². The maximum Gasteiger partial charge on any atom is 0.123 e. The molecule has 122 valence electrons. The maximum atomic E-state index is 10.3. The van der Waals surface area contributed by atoms with E-state index in [2.05, 4.69) is 74.5 Å². The molecule has 0 amide bonds. The smallest absolute Gasteiger partial charge is 0.123 e. The zero-order valence-corrected chi connectivity index (χ0v) is 14.5. The summed E-state index contributed by atoms with van der Waals surface area (Å²) < 4.78 is 0. The minimum atomic E-state index is 0.321. The lowest BCUT2D eigenvalue weighted by atomic mass is 9.94. The van der Waals surface area contributed by atoms with Gasteiger partial charge < -0.3 is 5.11 Å². The molecule has 0 aromatic heterocycles. The van der Waals surface area contributed by atoms with Crippen molar-refractivity contribution >= 4 is 10.8 Å². The topological polar surface area (TPSA) is 20.2 Å². The molecule has 0 radical (unpaired) electrons. The fourth-order valence-electron chi connectivity index (χ4n) is 3.24. The molecule has 4 aromatic rings. The Morgan fingerprint density at radius 2 is 1.08 bits per heavy atom. The summed E-state index contributed by atoms with van der Waals surface area (Å²) in [5.41, 5.74) is 7.14. The van der Waals surface area contributed by atoms with Crippen LogP contribution >= 0.6 is 0 Å². The van der Waals surface area contributed by atoms with Crippen molar-refractivity contribution in [3.63, 3.8) is 0 Å². The number of aromatic hydroxyl groups is 1. The van der Waals surface area contributed by atoms with Gasteiger partial charge in [0.15, 0.2) is 0 Å². The third kappa shape index (κ3) is 2.89. The maximum absolute atomic E-state index is 10.3. The molecule has 0 atom stereocenters. The van der Waals surface area contributed by atoms with Crippen LogP contribution in [-0.4, -0.2) is 5.11 Å². The van der Waals surface area contributed by atoms with Gasteiger partial charge in [-0.3, -0.25) is 0 Å². The molecule has 25 heavy (non-hydrogen) atoms. The number of rotatable bonds is 2. The molecule has 0 heterocycles. The van der Waals surface area contributed by atoms with Gasteiger partial charge in [-0.1, -0.05) is 77.9 Å². The van der Waals surface area contributed by atoms with E-state index in [4.69, 9.17) is 0 Å². The van der Waals surface area contributed by atoms with E-state index in [1.807, 2.05) is 12.1 Å². The number of hydrogen-bond acceptors (Lipinski definition) is 1. The number of aryl methyl sites for hydroxylation is 2. The second kappa shape index (κ2) is 6.10. The van der Waals surface area contributed by atoms with Gasteiger partial charge in [0.05, 0.1) is 0 Å². The van der Waals surface area contributed by atoms with E-state index in [9.17, 15) is 5.11 Å². The second-order valence-corrected chi connectivity index (χ2v) is 6.62. The predicted molar refractivity (Wildman–Crippen MR) is 106 cm³/mol. The summed E-state index contributed by atoms with van der Waals surface area (Å²) in [7, 11) is 0. The van der Waals surface area contributed by atoms with Gasteiger partial charge in [-0.05, 0) is 53.6 Å². The first-order chi connectivity index (χ1) is 12.1. The van der Waals surface area contributed by atoms with Gasteiger partial charge in [0.25, 0.3) is 0 Å². The molecule has 0 saturated heterocycles. The number of benzene rings is 4. The number of phenols is 1. The van der Waals surface area contributed by atoms with Crippen molar-refractivity contribution in [1.29, 1.82) is 0 Å². The third-order valence-corrected chi connectivity index (χ3v) is 4.74. The molecule has 4 rings (SSSR count). The molecule has 1 heteroatoms. The lowest BCUT2D eigenvalue weighted by Gasteiger charge is -2.11. The highest BCUT2D eigenvalue weighted by molar-refractivity contribution is 6.02.